The molecule has 1 aliphatic heterocycles. The van der Waals surface area contributed by atoms with Gasteiger partial charge in [0.1, 0.15) is 16.4 Å². The Balaban J connectivity index is 1.91. The maximum Gasteiger partial charge on any atom is 0.308 e. The van der Waals surface area contributed by atoms with Gasteiger partial charge in [-0.15, -0.1) is 0 Å². The quantitative estimate of drug-likeness (QED) is 0.349. The Labute approximate surface area is 179 Å². The summed E-state index contributed by atoms with van der Waals surface area (Å²) < 4.78 is 41.7. The maximum atomic E-state index is 12.9. The van der Waals surface area contributed by atoms with Crippen LogP contribution >= 0.6 is 0 Å². The smallest absolute Gasteiger partial charge is 0.308 e. The molecule has 158 valence electrons. The molecule has 0 aromatic heterocycles. The third-order valence-corrected chi connectivity index (χ3v) is 6.18. The molecule has 0 spiro atoms. The number of esters is 2. The molecule has 0 N–H and O–H groups in total. The average molecular weight is 438 g/mol. The van der Waals surface area contributed by atoms with Crippen molar-refractivity contribution in [3.63, 3.8) is 0 Å². The normalized spacial score (nSPS) is 15.7. The van der Waals surface area contributed by atoms with Gasteiger partial charge >= 0.3 is 11.9 Å². The summed E-state index contributed by atoms with van der Waals surface area (Å²) in [6.45, 7) is 2.59. The minimum absolute atomic E-state index is 0.0723. The van der Waals surface area contributed by atoms with Crippen LogP contribution in [-0.2, 0) is 29.5 Å². The van der Waals surface area contributed by atoms with Gasteiger partial charge < -0.3 is 9.47 Å². The molecular weight excluding hydrogens is 420 g/mol. The molecule has 7 nitrogen and oxygen atoms in total. The van der Waals surface area contributed by atoms with Gasteiger partial charge in [-0.05, 0) is 41.5 Å². The van der Waals surface area contributed by atoms with Crippen LogP contribution < -0.4 is 9.47 Å². The van der Waals surface area contributed by atoms with Crippen molar-refractivity contribution in [1.29, 1.82) is 0 Å². The third kappa shape index (κ3) is 3.71. The van der Waals surface area contributed by atoms with E-state index in [0.717, 1.165) is 0 Å². The average Bonchev–Trinajstić information content (AvgIpc) is 2.97. The van der Waals surface area contributed by atoms with Crippen molar-refractivity contribution >= 4 is 22.1 Å². The Bertz CT molecular complexity index is 1200. The lowest BCUT2D eigenvalue weighted by atomic mass is 9.80. The Hall–Kier alpha value is -3.49. The molecule has 0 radical (unpaired) electrons. The van der Waals surface area contributed by atoms with Gasteiger partial charge in [0.25, 0.3) is 10.1 Å². The molecule has 0 bridgehead atoms. The van der Waals surface area contributed by atoms with E-state index in [2.05, 4.69) is 0 Å². The molecular formula is C23H18O7S. The van der Waals surface area contributed by atoms with Gasteiger partial charge in [-0.25, -0.2) is 4.18 Å². The van der Waals surface area contributed by atoms with E-state index >= 15 is 0 Å². The minimum atomic E-state index is -4.04. The lowest BCUT2D eigenvalue weighted by molar-refractivity contribution is -0.132. The molecule has 4 rings (SSSR count). The number of ether oxygens (including phenoxy) is 2. The van der Waals surface area contributed by atoms with E-state index in [-0.39, 0.29) is 4.90 Å². The zero-order valence-corrected chi connectivity index (χ0v) is 17.5. The Morgan fingerprint density at radius 3 is 1.65 bits per heavy atom. The van der Waals surface area contributed by atoms with Gasteiger partial charge in [-0.3, -0.25) is 9.59 Å². The molecule has 0 aliphatic carbocycles. The number of hydrogen-bond acceptors (Lipinski definition) is 7. The number of rotatable bonds is 4. The highest BCUT2D eigenvalue weighted by Crippen LogP contribution is 2.50. The molecule has 8 heteroatoms. The van der Waals surface area contributed by atoms with E-state index in [4.69, 9.17) is 13.7 Å². The van der Waals surface area contributed by atoms with E-state index < -0.39 is 27.7 Å². The minimum Gasteiger partial charge on any atom is -0.427 e. The summed E-state index contributed by atoms with van der Waals surface area (Å²) in [7, 11) is -4.04. The molecule has 0 saturated carbocycles. The van der Waals surface area contributed by atoms with Crippen LogP contribution in [0.3, 0.4) is 0 Å². The highest BCUT2D eigenvalue weighted by Gasteiger charge is 2.51. The highest BCUT2D eigenvalue weighted by atomic mass is 32.2. The Morgan fingerprint density at radius 1 is 0.742 bits per heavy atom. The molecule has 3 aromatic carbocycles. The molecule has 1 aliphatic rings. The van der Waals surface area contributed by atoms with Gasteiger partial charge in [-0.2, -0.15) is 8.42 Å². The largest absolute Gasteiger partial charge is 0.427 e. The first-order valence-corrected chi connectivity index (χ1v) is 10.8. The number of hydrogen-bond donors (Lipinski definition) is 0. The van der Waals surface area contributed by atoms with Crippen LogP contribution in [0.4, 0.5) is 0 Å². The fraction of sp³-hybridized carbons (Fsp3) is 0.130. The van der Waals surface area contributed by atoms with E-state index in [1.54, 1.807) is 66.7 Å². The van der Waals surface area contributed by atoms with Crippen LogP contribution in [0.2, 0.25) is 0 Å². The van der Waals surface area contributed by atoms with Crippen molar-refractivity contribution in [2.75, 3.05) is 0 Å². The fourth-order valence-corrected chi connectivity index (χ4v) is 5.08. The lowest BCUT2D eigenvalue weighted by Gasteiger charge is -2.29. The van der Waals surface area contributed by atoms with Gasteiger partial charge in [-0.1, -0.05) is 42.5 Å². The second-order valence-electron chi connectivity index (χ2n) is 6.95. The van der Waals surface area contributed by atoms with Crippen molar-refractivity contribution in [2.45, 2.75) is 24.3 Å². The molecule has 1 heterocycles. The highest BCUT2D eigenvalue weighted by molar-refractivity contribution is 7.87. The summed E-state index contributed by atoms with van der Waals surface area (Å²) in [5.41, 5.74) is 0.0451. The van der Waals surface area contributed by atoms with E-state index in [1.165, 1.54) is 19.9 Å². The monoisotopic (exact) mass is 438 g/mol. The molecule has 0 unspecified atom stereocenters. The maximum absolute atomic E-state index is 12.9. The van der Waals surface area contributed by atoms with Gasteiger partial charge in [0.15, 0.2) is 5.60 Å². The summed E-state index contributed by atoms with van der Waals surface area (Å²) in [6, 6.07) is 19.4. The fourth-order valence-electron chi connectivity index (χ4n) is 3.65. The number of carbonyl (C=O) groups is 2. The lowest BCUT2D eigenvalue weighted by Crippen LogP contribution is -2.29. The Morgan fingerprint density at radius 2 is 1.19 bits per heavy atom. The summed E-state index contributed by atoms with van der Waals surface area (Å²) in [5, 5.41) is 0. The number of carbonyl (C=O) groups excluding carboxylic acids is 2. The van der Waals surface area contributed by atoms with E-state index in [1.807, 2.05) is 0 Å². The predicted octanol–water partition coefficient (Wildman–Crippen LogP) is 3.55. The zero-order chi connectivity index (χ0) is 22.2. The predicted molar refractivity (Wildman–Crippen MR) is 110 cm³/mol. The molecule has 31 heavy (non-hydrogen) atoms. The first kappa shape index (κ1) is 20.8. The van der Waals surface area contributed by atoms with Crippen LogP contribution in [0.5, 0.6) is 11.5 Å². The van der Waals surface area contributed by atoms with Crippen molar-refractivity contribution in [3.8, 4) is 11.5 Å². The van der Waals surface area contributed by atoms with Crippen LogP contribution in [0, 0.1) is 0 Å². The van der Waals surface area contributed by atoms with Crippen molar-refractivity contribution < 1.29 is 31.7 Å². The summed E-state index contributed by atoms with van der Waals surface area (Å²) in [5.74, 6) is -0.279. The van der Waals surface area contributed by atoms with E-state index in [9.17, 15) is 18.0 Å². The standard InChI is InChI=1S/C23H18O7S/c1-15(24)28-19-11-7-17(8-12-19)23(18-9-13-20(14-10-18)29-16(2)25)21-5-3-4-6-22(21)31(26,27)30-23/h3-14H,1-2H3. The summed E-state index contributed by atoms with van der Waals surface area (Å²) in [6.07, 6.45) is 0. The molecule has 3 aromatic rings. The second kappa shape index (κ2) is 7.64. The van der Waals surface area contributed by atoms with E-state index in [0.29, 0.717) is 28.2 Å². The SMILES string of the molecule is CC(=O)Oc1ccc(C2(c3ccc(OC(C)=O)cc3)OS(=O)(=O)c3ccccc32)cc1. The molecule has 0 saturated heterocycles. The van der Waals surface area contributed by atoms with Crippen molar-refractivity contribution in [2.24, 2.45) is 0 Å². The van der Waals surface area contributed by atoms with Crippen molar-refractivity contribution in [3.05, 3.63) is 89.5 Å². The molecule has 0 fully saturated rings. The van der Waals surface area contributed by atoms with Gasteiger partial charge in [0, 0.05) is 19.4 Å². The summed E-state index contributed by atoms with van der Waals surface area (Å²) in [4.78, 5) is 22.5. The Kier molecular flexibility index (Phi) is 5.12. The zero-order valence-electron chi connectivity index (χ0n) is 16.7. The topological polar surface area (TPSA) is 96.0 Å². The van der Waals surface area contributed by atoms with Gasteiger partial charge in [0.2, 0.25) is 0 Å². The van der Waals surface area contributed by atoms with Crippen LogP contribution in [-0.4, -0.2) is 20.4 Å². The second-order valence-corrected chi connectivity index (χ2v) is 8.47. The van der Waals surface area contributed by atoms with Crippen molar-refractivity contribution in [1.82, 2.24) is 0 Å². The first-order valence-electron chi connectivity index (χ1n) is 9.35. The van der Waals surface area contributed by atoms with Crippen LogP contribution in [0.25, 0.3) is 0 Å². The number of benzene rings is 3. The van der Waals surface area contributed by atoms with Crippen LogP contribution in [0.1, 0.15) is 30.5 Å². The number of fused-ring (bicyclic) bond motifs is 1. The van der Waals surface area contributed by atoms with Crippen LogP contribution in [0.15, 0.2) is 77.7 Å². The van der Waals surface area contributed by atoms with Gasteiger partial charge in [0.05, 0.1) is 0 Å². The summed E-state index contributed by atoms with van der Waals surface area (Å²) >= 11 is 0. The molecule has 0 amide bonds. The first-order chi connectivity index (χ1) is 14.7. The molecule has 0 atom stereocenters. The third-order valence-electron chi connectivity index (χ3n) is 4.82.